The third kappa shape index (κ3) is 5.56. The molecule has 184 valence electrons. The van der Waals surface area contributed by atoms with Gasteiger partial charge in [0.05, 0.1) is 33.4 Å². The molecular weight excluding hydrogens is 590 g/mol. The number of benzene rings is 3. The van der Waals surface area contributed by atoms with Gasteiger partial charge in [-0.3, -0.25) is 4.79 Å². The van der Waals surface area contributed by atoms with E-state index in [4.69, 9.17) is 4.74 Å². The molecule has 0 atom stereocenters. The zero-order valence-electron chi connectivity index (χ0n) is 18.6. The van der Waals surface area contributed by atoms with Gasteiger partial charge in [-0.05, 0) is 70.6 Å². The van der Waals surface area contributed by atoms with E-state index in [-0.39, 0.29) is 23.4 Å². The van der Waals surface area contributed by atoms with E-state index in [9.17, 15) is 22.8 Å². The number of carbonyl (C=O) groups is 1. The van der Waals surface area contributed by atoms with Gasteiger partial charge in [0.15, 0.2) is 12.4 Å². The number of para-hydroxylation sites is 1. The van der Waals surface area contributed by atoms with Gasteiger partial charge in [0.25, 0.3) is 5.56 Å². The summed E-state index contributed by atoms with van der Waals surface area (Å²) in [5, 5.41) is 4.54. The summed E-state index contributed by atoms with van der Waals surface area (Å²) < 4.78 is 51.6. The SMILES string of the molecule is COC(=O)COc1ccc(C=Nn2c(-c3cccc(C(F)(F)F)c3)nc3ccccc3c2=O)cc1I. The second kappa shape index (κ2) is 10.5. The highest BCUT2D eigenvalue weighted by Crippen LogP contribution is 2.32. The number of ether oxygens (including phenoxy) is 2. The molecule has 0 aliphatic heterocycles. The van der Waals surface area contributed by atoms with Crippen molar-refractivity contribution >= 4 is 45.7 Å². The lowest BCUT2D eigenvalue weighted by Gasteiger charge is -2.12. The van der Waals surface area contributed by atoms with E-state index in [1.165, 1.54) is 25.5 Å². The Morgan fingerprint density at radius 1 is 1.11 bits per heavy atom. The molecule has 36 heavy (non-hydrogen) atoms. The molecule has 4 aromatic rings. The molecule has 1 heterocycles. The first-order valence-electron chi connectivity index (χ1n) is 10.4. The van der Waals surface area contributed by atoms with Crippen LogP contribution < -0.4 is 10.3 Å². The summed E-state index contributed by atoms with van der Waals surface area (Å²) in [7, 11) is 1.26. The summed E-state index contributed by atoms with van der Waals surface area (Å²) in [6.45, 7) is -0.252. The van der Waals surface area contributed by atoms with Gasteiger partial charge in [-0.25, -0.2) is 9.78 Å². The van der Waals surface area contributed by atoms with Crippen LogP contribution in [-0.2, 0) is 15.7 Å². The highest BCUT2D eigenvalue weighted by Gasteiger charge is 2.31. The fourth-order valence-electron chi connectivity index (χ4n) is 3.29. The van der Waals surface area contributed by atoms with Crippen molar-refractivity contribution in [2.45, 2.75) is 6.18 Å². The van der Waals surface area contributed by atoms with Crippen molar-refractivity contribution in [1.29, 1.82) is 0 Å². The number of nitrogens with zero attached hydrogens (tertiary/aromatic N) is 3. The summed E-state index contributed by atoms with van der Waals surface area (Å²) in [6, 6.07) is 16.1. The first-order chi connectivity index (χ1) is 17.2. The zero-order valence-corrected chi connectivity index (χ0v) is 20.8. The van der Waals surface area contributed by atoms with Crippen LogP contribution in [-0.4, -0.2) is 35.6 Å². The number of hydrogen-bond donors (Lipinski definition) is 0. The number of alkyl halides is 3. The van der Waals surface area contributed by atoms with Crippen LogP contribution in [0.5, 0.6) is 5.75 Å². The van der Waals surface area contributed by atoms with E-state index in [1.807, 2.05) is 22.6 Å². The van der Waals surface area contributed by atoms with E-state index in [0.717, 1.165) is 16.8 Å². The molecule has 11 heteroatoms. The Hall–Kier alpha value is -3.74. The highest BCUT2D eigenvalue weighted by molar-refractivity contribution is 14.1. The van der Waals surface area contributed by atoms with Crippen molar-refractivity contribution in [2.24, 2.45) is 5.10 Å². The van der Waals surface area contributed by atoms with E-state index in [0.29, 0.717) is 20.4 Å². The van der Waals surface area contributed by atoms with Crippen LogP contribution >= 0.6 is 22.6 Å². The first-order valence-corrected chi connectivity index (χ1v) is 11.5. The molecule has 3 aromatic carbocycles. The minimum absolute atomic E-state index is 0.0335. The molecule has 0 saturated heterocycles. The quantitative estimate of drug-likeness (QED) is 0.173. The summed E-state index contributed by atoms with van der Waals surface area (Å²) in [4.78, 5) is 29.0. The lowest BCUT2D eigenvalue weighted by Crippen LogP contribution is -2.20. The molecule has 0 bridgehead atoms. The fraction of sp³-hybridized carbons (Fsp3) is 0.120. The number of rotatable bonds is 6. The Morgan fingerprint density at radius 2 is 1.89 bits per heavy atom. The molecule has 4 rings (SSSR count). The average Bonchev–Trinajstić information content (AvgIpc) is 2.87. The van der Waals surface area contributed by atoms with Crippen molar-refractivity contribution in [3.05, 3.63) is 91.8 Å². The molecule has 0 unspecified atom stereocenters. The van der Waals surface area contributed by atoms with Crippen molar-refractivity contribution in [2.75, 3.05) is 13.7 Å². The van der Waals surface area contributed by atoms with Gasteiger partial charge in [0, 0.05) is 5.56 Å². The van der Waals surface area contributed by atoms with Crippen LogP contribution in [0.1, 0.15) is 11.1 Å². The van der Waals surface area contributed by atoms with Crippen LogP contribution in [0, 0.1) is 3.57 Å². The number of aromatic nitrogens is 2. The molecule has 0 fully saturated rings. The molecular formula is C25H17F3IN3O4. The Balaban J connectivity index is 1.77. The summed E-state index contributed by atoms with van der Waals surface area (Å²) >= 11 is 2.02. The summed E-state index contributed by atoms with van der Waals surface area (Å²) in [6.07, 6.45) is -3.17. The lowest BCUT2D eigenvalue weighted by atomic mass is 10.1. The number of fused-ring (bicyclic) bond motifs is 1. The Morgan fingerprint density at radius 3 is 2.61 bits per heavy atom. The second-order valence-corrected chi connectivity index (χ2v) is 8.61. The van der Waals surface area contributed by atoms with Crippen molar-refractivity contribution in [1.82, 2.24) is 9.66 Å². The lowest BCUT2D eigenvalue weighted by molar-refractivity contribution is -0.143. The average molecular weight is 607 g/mol. The minimum Gasteiger partial charge on any atom is -0.481 e. The van der Waals surface area contributed by atoms with Crippen LogP contribution in [0.25, 0.3) is 22.3 Å². The number of esters is 1. The monoisotopic (exact) mass is 607 g/mol. The topological polar surface area (TPSA) is 82.8 Å². The second-order valence-electron chi connectivity index (χ2n) is 7.45. The summed E-state index contributed by atoms with van der Waals surface area (Å²) in [5.74, 6) is -0.108. The van der Waals surface area contributed by atoms with E-state index in [2.05, 4.69) is 14.8 Å². The zero-order chi connectivity index (χ0) is 25.9. The molecule has 0 N–H and O–H groups in total. The summed E-state index contributed by atoms with van der Waals surface area (Å²) in [5.41, 5.74) is -0.388. The van der Waals surface area contributed by atoms with Crippen molar-refractivity contribution in [3.8, 4) is 17.1 Å². The van der Waals surface area contributed by atoms with Gasteiger partial charge >= 0.3 is 12.1 Å². The molecule has 0 spiro atoms. The van der Waals surface area contributed by atoms with Gasteiger partial charge in [0.1, 0.15) is 5.75 Å². The van der Waals surface area contributed by atoms with E-state index >= 15 is 0 Å². The maximum atomic E-state index is 13.3. The van der Waals surface area contributed by atoms with E-state index in [1.54, 1.807) is 42.5 Å². The van der Waals surface area contributed by atoms with Gasteiger partial charge in [-0.1, -0.05) is 24.3 Å². The van der Waals surface area contributed by atoms with Crippen LogP contribution in [0.2, 0.25) is 0 Å². The van der Waals surface area contributed by atoms with Crippen LogP contribution in [0.4, 0.5) is 13.2 Å². The maximum absolute atomic E-state index is 13.3. The minimum atomic E-state index is -4.56. The normalized spacial score (nSPS) is 11.7. The predicted octanol–water partition coefficient (Wildman–Crippen LogP) is 5.12. The largest absolute Gasteiger partial charge is 0.481 e. The van der Waals surface area contributed by atoms with Crippen molar-refractivity contribution in [3.63, 3.8) is 0 Å². The molecule has 1 aromatic heterocycles. The highest BCUT2D eigenvalue weighted by atomic mass is 127. The maximum Gasteiger partial charge on any atom is 0.416 e. The van der Waals surface area contributed by atoms with Gasteiger partial charge in [0.2, 0.25) is 0 Å². The van der Waals surface area contributed by atoms with Gasteiger partial charge in [-0.15, -0.1) is 0 Å². The Bertz CT molecular complexity index is 1530. The van der Waals surface area contributed by atoms with E-state index < -0.39 is 23.3 Å². The Kier molecular flexibility index (Phi) is 7.38. The van der Waals surface area contributed by atoms with Crippen LogP contribution in [0.15, 0.2) is 76.6 Å². The van der Waals surface area contributed by atoms with Gasteiger partial charge < -0.3 is 9.47 Å². The molecule has 0 radical (unpaired) electrons. The molecule has 7 nitrogen and oxygen atoms in total. The Labute approximate surface area is 216 Å². The smallest absolute Gasteiger partial charge is 0.416 e. The number of methoxy groups -OCH3 is 1. The number of hydrogen-bond acceptors (Lipinski definition) is 6. The first kappa shape index (κ1) is 25.4. The molecule has 0 aliphatic carbocycles. The van der Waals surface area contributed by atoms with Crippen LogP contribution in [0.3, 0.4) is 0 Å². The van der Waals surface area contributed by atoms with Crippen molar-refractivity contribution < 1.29 is 27.4 Å². The fourth-order valence-corrected chi connectivity index (χ4v) is 3.98. The molecule has 0 aliphatic rings. The standard InChI is InChI=1S/C25H17F3IN3O4/c1-35-22(33)14-36-21-10-9-15(11-19(21)29)13-30-32-23(16-5-4-6-17(12-16)25(26,27)28)31-20-8-3-2-7-18(20)24(32)34/h2-13H,14H2,1H3. The van der Waals surface area contributed by atoms with Gasteiger partial charge in [-0.2, -0.15) is 22.9 Å². The number of halogens is 4. The molecule has 0 saturated carbocycles. The number of carbonyl (C=O) groups excluding carboxylic acids is 1. The third-order valence-corrected chi connectivity index (χ3v) is 5.90. The predicted molar refractivity (Wildman–Crippen MR) is 136 cm³/mol. The molecule has 0 amide bonds. The third-order valence-electron chi connectivity index (χ3n) is 5.05.